The van der Waals surface area contributed by atoms with Crippen LogP contribution in [-0.2, 0) is 6.54 Å². The molecule has 2 nitrogen and oxygen atoms in total. The molecule has 2 N–H and O–H groups in total. The average Bonchev–Trinajstić information content (AvgIpc) is 2.25. The van der Waals surface area contributed by atoms with Crippen LogP contribution in [0.2, 0.25) is 0 Å². The van der Waals surface area contributed by atoms with Crippen LogP contribution in [-0.4, -0.2) is 17.5 Å². The summed E-state index contributed by atoms with van der Waals surface area (Å²) in [5.74, 6) is 0. The Hall–Kier alpha value is -1.02. The van der Waals surface area contributed by atoms with Gasteiger partial charge in [0.05, 0.1) is 0 Å². The summed E-state index contributed by atoms with van der Waals surface area (Å²) in [6.07, 6.45) is 4.08. The normalized spacial score (nSPS) is 22.9. The summed E-state index contributed by atoms with van der Waals surface area (Å²) in [6, 6.07) is 8.98. The third-order valence-electron chi connectivity index (χ3n) is 3.31. The van der Waals surface area contributed by atoms with Crippen molar-refractivity contribution in [2.75, 3.05) is 12.3 Å². The lowest BCUT2D eigenvalue weighted by Crippen LogP contribution is -2.36. The number of rotatable bonds is 2. The van der Waals surface area contributed by atoms with Crippen LogP contribution in [0.25, 0.3) is 0 Å². The van der Waals surface area contributed by atoms with Gasteiger partial charge in [0.15, 0.2) is 0 Å². The molecule has 0 aromatic heterocycles. The van der Waals surface area contributed by atoms with Crippen molar-refractivity contribution in [1.82, 2.24) is 4.90 Å². The van der Waals surface area contributed by atoms with Crippen LogP contribution >= 0.6 is 0 Å². The molecule has 2 rings (SSSR count). The Morgan fingerprint density at radius 3 is 2.67 bits per heavy atom. The Morgan fingerprint density at radius 1 is 1.27 bits per heavy atom. The quantitative estimate of drug-likeness (QED) is 0.750. The van der Waals surface area contributed by atoms with Crippen LogP contribution < -0.4 is 5.73 Å². The molecule has 1 aliphatic heterocycles. The van der Waals surface area contributed by atoms with E-state index in [1.54, 1.807) is 0 Å². The third-order valence-corrected chi connectivity index (χ3v) is 3.31. The molecule has 1 aromatic rings. The van der Waals surface area contributed by atoms with E-state index in [0.717, 1.165) is 18.3 Å². The molecule has 1 atom stereocenters. The van der Waals surface area contributed by atoms with Crippen molar-refractivity contribution in [3.05, 3.63) is 29.8 Å². The minimum absolute atomic E-state index is 0.733. The van der Waals surface area contributed by atoms with Crippen molar-refractivity contribution in [3.63, 3.8) is 0 Å². The lowest BCUT2D eigenvalue weighted by atomic mass is 10.0. The molecule has 15 heavy (non-hydrogen) atoms. The molecular formula is C13H20N2. The second-order valence-corrected chi connectivity index (χ2v) is 4.56. The van der Waals surface area contributed by atoms with E-state index in [1.807, 2.05) is 12.1 Å². The molecule has 0 bridgehead atoms. The van der Waals surface area contributed by atoms with E-state index in [9.17, 15) is 0 Å². The highest BCUT2D eigenvalue weighted by molar-refractivity contribution is 5.39. The monoisotopic (exact) mass is 204 g/mol. The Morgan fingerprint density at radius 2 is 2.00 bits per heavy atom. The van der Waals surface area contributed by atoms with E-state index in [1.165, 1.54) is 31.4 Å². The number of nitrogens with two attached hydrogens (primary N) is 1. The highest BCUT2D eigenvalue weighted by atomic mass is 15.2. The molecule has 0 aliphatic carbocycles. The fourth-order valence-electron chi connectivity index (χ4n) is 2.25. The van der Waals surface area contributed by atoms with Crippen molar-refractivity contribution in [3.8, 4) is 0 Å². The second kappa shape index (κ2) is 4.67. The zero-order chi connectivity index (χ0) is 10.7. The molecule has 0 amide bonds. The van der Waals surface area contributed by atoms with Crippen LogP contribution in [0.3, 0.4) is 0 Å². The van der Waals surface area contributed by atoms with Crippen molar-refractivity contribution < 1.29 is 0 Å². The standard InChI is InChI=1S/C13H20N2/c1-11-4-2-3-9-15(11)10-12-5-7-13(14)8-6-12/h5-8,11H,2-4,9-10,14H2,1H3/t11-/m0/s1. The van der Waals surface area contributed by atoms with E-state index in [2.05, 4.69) is 24.0 Å². The number of piperidine rings is 1. The molecule has 1 heterocycles. The number of likely N-dealkylation sites (tertiary alicyclic amines) is 1. The highest BCUT2D eigenvalue weighted by Crippen LogP contribution is 2.19. The van der Waals surface area contributed by atoms with Gasteiger partial charge in [-0.25, -0.2) is 0 Å². The maximum absolute atomic E-state index is 5.67. The van der Waals surface area contributed by atoms with E-state index in [-0.39, 0.29) is 0 Å². The largest absolute Gasteiger partial charge is 0.399 e. The van der Waals surface area contributed by atoms with Gasteiger partial charge in [-0.15, -0.1) is 0 Å². The zero-order valence-electron chi connectivity index (χ0n) is 9.45. The Labute approximate surface area is 92.1 Å². The molecule has 0 radical (unpaired) electrons. The number of nitrogen functional groups attached to an aromatic ring is 1. The van der Waals surface area contributed by atoms with Crippen molar-refractivity contribution >= 4 is 5.69 Å². The fourth-order valence-corrected chi connectivity index (χ4v) is 2.25. The maximum Gasteiger partial charge on any atom is 0.0314 e. The second-order valence-electron chi connectivity index (χ2n) is 4.56. The lowest BCUT2D eigenvalue weighted by Gasteiger charge is -2.33. The third kappa shape index (κ3) is 2.72. The van der Waals surface area contributed by atoms with Crippen molar-refractivity contribution in [2.45, 2.75) is 38.8 Å². The SMILES string of the molecule is C[C@H]1CCCCN1Cc1ccc(N)cc1. The van der Waals surface area contributed by atoms with Gasteiger partial charge in [0.2, 0.25) is 0 Å². The van der Waals surface area contributed by atoms with Crippen LogP contribution in [0, 0.1) is 0 Å². The predicted molar refractivity (Wildman–Crippen MR) is 64.6 cm³/mol. The van der Waals surface area contributed by atoms with Crippen LogP contribution in [0.1, 0.15) is 31.7 Å². The summed E-state index contributed by atoms with van der Waals surface area (Å²) < 4.78 is 0. The van der Waals surface area contributed by atoms with Gasteiger partial charge in [0.1, 0.15) is 0 Å². The Bertz CT molecular complexity index is 305. The van der Waals surface area contributed by atoms with Gasteiger partial charge in [-0.3, -0.25) is 4.90 Å². The topological polar surface area (TPSA) is 29.3 Å². The van der Waals surface area contributed by atoms with Gasteiger partial charge in [-0.2, -0.15) is 0 Å². The van der Waals surface area contributed by atoms with Crippen molar-refractivity contribution in [1.29, 1.82) is 0 Å². The van der Waals surface area contributed by atoms with E-state index in [0.29, 0.717) is 0 Å². The summed E-state index contributed by atoms with van der Waals surface area (Å²) >= 11 is 0. The summed E-state index contributed by atoms with van der Waals surface area (Å²) in [4.78, 5) is 2.56. The highest BCUT2D eigenvalue weighted by Gasteiger charge is 2.17. The van der Waals surface area contributed by atoms with E-state index in [4.69, 9.17) is 5.73 Å². The Kier molecular flexibility index (Phi) is 3.27. The number of benzene rings is 1. The summed E-state index contributed by atoms with van der Waals surface area (Å²) in [5, 5.41) is 0. The maximum atomic E-state index is 5.67. The summed E-state index contributed by atoms with van der Waals surface area (Å²) in [5.41, 5.74) is 7.90. The lowest BCUT2D eigenvalue weighted by molar-refractivity contribution is 0.152. The minimum atomic E-state index is 0.733. The number of hydrogen-bond donors (Lipinski definition) is 1. The van der Waals surface area contributed by atoms with Gasteiger partial charge in [-0.1, -0.05) is 18.6 Å². The molecule has 2 heteroatoms. The van der Waals surface area contributed by atoms with Gasteiger partial charge in [0, 0.05) is 18.3 Å². The molecule has 82 valence electrons. The number of hydrogen-bond acceptors (Lipinski definition) is 2. The molecule has 0 saturated carbocycles. The molecule has 1 saturated heterocycles. The first kappa shape index (κ1) is 10.5. The smallest absolute Gasteiger partial charge is 0.0314 e. The average molecular weight is 204 g/mol. The zero-order valence-corrected chi connectivity index (χ0v) is 9.45. The minimum Gasteiger partial charge on any atom is -0.399 e. The molecule has 1 aromatic carbocycles. The fraction of sp³-hybridized carbons (Fsp3) is 0.538. The Balaban J connectivity index is 1.98. The van der Waals surface area contributed by atoms with Crippen molar-refractivity contribution in [2.24, 2.45) is 0 Å². The molecule has 1 aliphatic rings. The first-order valence-electron chi connectivity index (χ1n) is 5.84. The first-order chi connectivity index (χ1) is 7.25. The van der Waals surface area contributed by atoms with Gasteiger partial charge in [0.25, 0.3) is 0 Å². The molecule has 0 spiro atoms. The van der Waals surface area contributed by atoms with Crippen LogP contribution in [0.5, 0.6) is 0 Å². The van der Waals surface area contributed by atoms with Gasteiger partial charge < -0.3 is 5.73 Å². The summed E-state index contributed by atoms with van der Waals surface area (Å²) in [6.45, 7) is 4.64. The predicted octanol–water partition coefficient (Wildman–Crippen LogP) is 2.64. The molecule has 0 unspecified atom stereocenters. The number of nitrogens with zero attached hydrogens (tertiary/aromatic N) is 1. The molecular weight excluding hydrogens is 184 g/mol. The first-order valence-corrected chi connectivity index (χ1v) is 5.84. The summed E-state index contributed by atoms with van der Waals surface area (Å²) in [7, 11) is 0. The number of anilines is 1. The molecule has 1 fully saturated rings. The van der Waals surface area contributed by atoms with Crippen LogP contribution in [0.15, 0.2) is 24.3 Å². The van der Waals surface area contributed by atoms with Gasteiger partial charge in [-0.05, 0) is 44.0 Å². The van der Waals surface area contributed by atoms with Gasteiger partial charge >= 0.3 is 0 Å². The van der Waals surface area contributed by atoms with Crippen LogP contribution in [0.4, 0.5) is 5.69 Å². The van der Waals surface area contributed by atoms with E-state index >= 15 is 0 Å². The van der Waals surface area contributed by atoms with E-state index < -0.39 is 0 Å².